The topological polar surface area (TPSA) is 211 Å². The molecule has 0 aliphatic rings. The Balaban J connectivity index is -0.000000286. The van der Waals surface area contributed by atoms with Gasteiger partial charge in [0.25, 0.3) is 0 Å². The van der Waals surface area contributed by atoms with Crippen LogP contribution < -0.4 is 62.5 Å². The first-order valence-corrected chi connectivity index (χ1v) is 58.7. The van der Waals surface area contributed by atoms with E-state index in [1.165, 1.54) is 501 Å². The van der Waals surface area contributed by atoms with Crippen molar-refractivity contribution in [2.75, 3.05) is 39.3 Å². The Morgan fingerprint density at radius 3 is 0.293 bits per heavy atom. The summed E-state index contributed by atoms with van der Waals surface area (Å²) in [4.78, 5) is 0. The smallest absolute Gasteiger partial charge is 0.852 e. The maximum Gasteiger partial charge on any atom is 6.00 e. The van der Waals surface area contributed by atoms with Crippen molar-refractivity contribution in [3.8, 4) is 0 Å². The largest absolute Gasteiger partial charge is 6.00 e. The molecule has 0 saturated carbocycles. The fourth-order valence-electron chi connectivity index (χ4n) is 15.4. The second kappa shape index (κ2) is 140. The van der Waals surface area contributed by atoms with Gasteiger partial charge in [-0.3, -0.25) is 0 Å². The molecule has 0 fully saturated rings. The SMILES string of the molecule is CCCCCCCC/C=C\CCCCCCCCNC([O-])=S.CCCCCCCC/C=C\CCCCCCCCNC([O-])=S.CCCCCCCC/C=C\CCCCCCCCNC([O-])=S.CCCCCCCC/C=C\CCCCCCCCNC([O-])=S.CCCCCCCC/C=C\CCCCCCCCNC([O-])=S.CCCCCCCC/C=C\CCCCCCCCNC([O-])=S.[Mo+6]. The molecule has 133 heavy (non-hydrogen) atoms. The monoisotopic (exact) mass is 2060 g/mol. The fourth-order valence-corrected chi connectivity index (χ4v) is 16.0. The first-order valence-electron chi connectivity index (χ1n) is 56.2. The van der Waals surface area contributed by atoms with Crippen LogP contribution in [0.4, 0.5) is 0 Å². The van der Waals surface area contributed by atoms with Gasteiger partial charge in [0.15, 0.2) is 0 Å². The van der Waals surface area contributed by atoms with Gasteiger partial charge in [-0.2, -0.15) is 0 Å². The Morgan fingerprint density at radius 1 is 0.135 bits per heavy atom. The van der Waals surface area contributed by atoms with Crippen LogP contribution in [-0.2, 0) is 21.1 Å². The summed E-state index contributed by atoms with van der Waals surface area (Å²) in [5.41, 5.74) is 0. The maximum absolute atomic E-state index is 10.5. The molecule has 0 unspecified atom stereocenters. The molecule has 0 bridgehead atoms. The van der Waals surface area contributed by atoms with E-state index >= 15 is 0 Å². The van der Waals surface area contributed by atoms with E-state index in [9.17, 15) is 30.6 Å². The molecule has 0 amide bonds. The predicted molar refractivity (Wildman–Crippen MR) is 600 cm³/mol. The third-order valence-corrected chi connectivity index (χ3v) is 24.6. The molecule has 0 aromatic heterocycles. The van der Waals surface area contributed by atoms with Crippen LogP contribution in [0.3, 0.4) is 0 Å². The predicted octanol–water partition coefficient (Wildman–Crippen LogP) is 31.5. The summed E-state index contributed by atoms with van der Waals surface area (Å²) in [6.07, 6.45) is 138. The van der Waals surface area contributed by atoms with Crippen LogP contribution in [-0.4, -0.2) is 70.3 Å². The molecule has 0 spiro atoms. The van der Waals surface area contributed by atoms with Crippen LogP contribution in [0.1, 0.15) is 581 Å². The van der Waals surface area contributed by atoms with Crippen LogP contribution in [0.25, 0.3) is 0 Å². The van der Waals surface area contributed by atoms with Gasteiger partial charge in [0.05, 0.1) is 0 Å². The Hall–Kier alpha value is -2.73. The summed E-state index contributed by atoms with van der Waals surface area (Å²) >= 11 is 26.6. The van der Waals surface area contributed by atoms with Crippen molar-refractivity contribution in [1.82, 2.24) is 31.9 Å². The number of nitrogens with one attached hydrogen (secondary N) is 6. The molecular weight excluding hydrogens is 1840 g/mol. The zero-order valence-electron chi connectivity index (χ0n) is 87.9. The van der Waals surface area contributed by atoms with E-state index in [4.69, 9.17) is 0 Å². The van der Waals surface area contributed by atoms with Gasteiger partial charge in [0.2, 0.25) is 0 Å². The van der Waals surface area contributed by atoms with Crippen molar-refractivity contribution in [1.29, 1.82) is 0 Å². The van der Waals surface area contributed by atoms with E-state index in [0.717, 1.165) is 77.8 Å². The van der Waals surface area contributed by atoms with Gasteiger partial charge in [-0.05, 0) is 193 Å². The minimum Gasteiger partial charge on any atom is -0.852 e. The van der Waals surface area contributed by atoms with E-state index in [1.807, 2.05) is 0 Å². The minimum atomic E-state index is -0.326. The summed E-state index contributed by atoms with van der Waals surface area (Å²) < 4.78 is 0. The van der Waals surface area contributed by atoms with E-state index in [0.29, 0.717) is 0 Å². The van der Waals surface area contributed by atoms with Crippen molar-refractivity contribution >= 4 is 104 Å². The Bertz CT molecular complexity index is 2020. The van der Waals surface area contributed by atoms with E-state index in [2.05, 4.69) is 220 Å². The molecule has 0 aliphatic heterocycles. The number of allylic oxidation sites excluding steroid dienone is 12. The van der Waals surface area contributed by atoms with Crippen LogP contribution >= 0.6 is 73.3 Å². The van der Waals surface area contributed by atoms with E-state index < -0.39 is 0 Å². The van der Waals surface area contributed by atoms with E-state index in [-0.39, 0.29) is 52.1 Å². The molecular formula is C114H216MoN6O6S6. The zero-order valence-corrected chi connectivity index (χ0v) is 94.8. The van der Waals surface area contributed by atoms with Crippen molar-refractivity contribution in [2.45, 2.75) is 581 Å². The molecule has 0 rings (SSSR count). The molecule has 780 valence electrons. The minimum absolute atomic E-state index is 0. The molecule has 0 atom stereocenters. The molecule has 0 aromatic rings. The van der Waals surface area contributed by atoms with Gasteiger partial charge in [-0.15, -0.1) is 0 Å². The summed E-state index contributed by atoms with van der Waals surface area (Å²) in [6, 6.07) is 0. The third-order valence-electron chi connectivity index (χ3n) is 23.7. The Labute approximate surface area is 873 Å². The van der Waals surface area contributed by atoms with Gasteiger partial charge in [0, 0.05) is 70.3 Å². The van der Waals surface area contributed by atoms with E-state index in [1.54, 1.807) is 0 Å². The molecule has 0 aromatic carbocycles. The van der Waals surface area contributed by atoms with Crippen molar-refractivity contribution < 1.29 is 51.7 Å². The standard InChI is InChI=1S/6C19H37NOS.Mo/c6*1-2-3-4-5-6-7-8-9-10-11-12-13-14-15-16-17-18-20-19(21)22;/h6*9-10H,2-8,11-18H2,1H3,(H2,20,21,22);/q;;;;;;+6/p-6/b6*10-9-;. The zero-order chi connectivity index (χ0) is 97.8. The quantitative estimate of drug-likeness (QED) is 0.0145. The number of rotatable bonds is 96. The van der Waals surface area contributed by atoms with Crippen LogP contribution in [0.15, 0.2) is 72.9 Å². The second-order valence-electron chi connectivity index (χ2n) is 36.9. The Kier molecular flexibility index (Phi) is 151. The third kappa shape index (κ3) is 169. The molecule has 0 radical (unpaired) electrons. The summed E-state index contributed by atoms with van der Waals surface area (Å²) in [5.74, 6) is 0. The van der Waals surface area contributed by atoms with Crippen molar-refractivity contribution in [3.63, 3.8) is 0 Å². The van der Waals surface area contributed by atoms with Crippen molar-refractivity contribution in [3.05, 3.63) is 72.9 Å². The summed E-state index contributed by atoms with van der Waals surface area (Å²) in [5, 5.41) is 77.0. The number of hydrogen-bond donors (Lipinski definition) is 6. The Morgan fingerprint density at radius 2 is 0.211 bits per heavy atom. The van der Waals surface area contributed by atoms with Gasteiger partial charge >= 0.3 is 21.1 Å². The fraction of sp³-hybridized carbons (Fsp3) is 0.842. The summed E-state index contributed by atoms with van der Waals surface area (Å²) in [7, 11) is 0. The van der Waals surface area contributed by atoms with Crippen LogP contribution in [0.5, 0.6) is 0 Å². The molecule has 0 saturated heterocycles. The first-order chi connectivity index (χ1) is 64.6. The number of thiocarbonyl (C=S) groups is 6. The van der Waals surface area contributed by atoms with Crippen LogP contribution in [0.2, 0.25) is 0 Å². The van der Waals surface area contributed by atoms with Gasteiger partial charge in [-0.1, -0.05) is 534 Å². The van der Waals surface area contributed by atoms with Gasteiger partial charge < -0.3 is 62.5 Å². The number of hydrogen-bond acceptors (Lipinski definition) is 12. The van der Waals surface area contributed by atoms with Crippen LogP contribution in [0, 0.1) is 0 Å². The van der Waals surface area contributed by atoms with Gasteiger partial charge in [-0.25, -0.2) is 0 Å². The first kappa shape index (κ1) is 143. The molecule has 12 nitrogen and oxygen atoms in total. The number of unbranched alkanes of at least 4 members (excludes halogenated alkanes) is 72. The molecule has 19 heteroatoms. The molecule has 0 heterocycles. The van der Waals surface area contributed by atoms with Gasteiger partial charge in [0.1, 0.15) is 0 Å². The summed E-state index contributed by atoms with van der Waals surface area (Å²) in [6.45, 7) is 18.0. The average Bonchev–Trinajstić information content (AvgIpc) is 1.10. The second-order valence-corrected chi connectivity index (χ2v) is 39.1. The average molecular weight is 2060 g/mol. The normalized spacial score (nSPS) is 11.1. The molecule has 0 aliphatic carbocycles. The maximum atomic E-state index is 10.5. The molecule has 6 N–H and O–H groups in total. The van der Waals surface area contributed by atoms with Crippen molar-refractivity contribution in [2.24, 2.45) is 0 Å².